The number of hydrogen-bond donors (Lipinski definition) is 1. The summed E-state index contributed by atoms with van der Waals surface area (Å²) >= 11 is 5.69. The van der Waals surface area contributed by atoms with E-state index < -0.39 is 6.04 Å². The second-order valence-corrected chi connectivity index (χ2v) is 10.4. The van der Waals surface area contributed by atoms with Crippen molar-refractivity contribution in [3.8, 4) is 11.5 Å². The van der Waals surface area contributed by atoms with Crippen LogP contribution in [-0.2, 0) is 14.3 Å². The number of methoxy groups -OCH3 is 3. The number of rotatable bonds is 8. The number of Topliss-reactive ketones (excluding diaryl/α,β-unsaturated/α-hetero) is 1. The molecule has 12 nitrogen and oxygen atoms in total. The van der Waals surface area contributed by atoms with Crippen LogP contribution < -0.4 is 19.7 Å². The van der Waals surface area contributed by atoms with Crippen molar-refractivity contribution in [3.63, 3.8) is 0 Å². The summed E-state index contributed by atoms with van der Waals surface area (Å²) in [5.74, 6) is 1.45. The largest absolute Gasteiger partial charge is 0.493 e. The van der Waals surface area contributed by atoms with E-state index in [-0.39, 0.29) is 23.7 Å². The molecule has 2 aliphatic heterocycles. The van der Waals surface area contributed by atoms with Crippen LogP contribution in [0.5, 0.6) is 11.5 Å². The highest BCUT2D eigenvalue weighted by Gasteiger charge is 2.35. The Balaban J connectivity index is 1.65. The smallest absolute Gasteiger partial charge is 0.409 e. The van der Waals surface area contributed by atoms with E-state index in [0.717, 1.165) is 6.42 Å². The maximum absolute atomic E-state index is 13.7. The number of ketones is 1. The Bertz CT molecular complexity index is 1300. The quantitative estimate of drug-likeness (QED) is 0.469. The molecule has 0 radical (unpaired) electrons. The Labute approximate surface area is 238 Å². The van der Waals surface area contributed by atoms with E-state index in [0.29, 0.717) is 84.7 Å². The first-order chi connectivity index (χ1) is 19.2. The second kappa shape index (κ2) is 12.6. The van der Waals surface area contributed by atoms with Gasteiger partial charge in [-0.1, -0.05) is 19.1 Å². The number of thiocarbonyl (C=S) groups is 1. The van der Waals surface area contributed by atoms with Gasteiger partial charge in [-0.2, -0.15) is 4.98 Å². The van der Waals surface area contributed by atoms with Crippen LogP contribution in [0.3, 0.4) is 0 Å². The Morgan fingerprint density at radius 3 is 2.35 bits per heavy atom. The molecule has 0 saturated carbocycles. The van der Waals surface area contributed by atoms with Crippen molar-refractivity contribution >= 4 is 57.7 Å². The summed E-state index contributed by atoms with van der Waals surface area (Å²) in [5, 5.41) is 3.63. The zero-order valence-corrected chi connectivity index (χ0v) is 24.4. The molecule has 216 valence electrons. The van der Waals surface area contributed by atoms with Gasteiger partial charge in [0, 0.05) is 56.5 Å². The average molecular weight is 573 g/mol. The number of hydrogen-bond acceptors (Lipinski definition) is 10. The lowest BCUT2D eigenvalue weighted by Gasteiger charge is -2.34. The first-order valence-corrected chi connectivity index (χ1v) is 13.7. The van der Waals surface area contributed by atoms with Crippen LogP contribution in [0.25, 0.3) is 10.9 Å². The molecule has 2 fully saturated rings. The number of ether oxygens (including phenoxy) is 3. The van der Waals surface area contributed by atoms with Crippen LogP contribution in [0, 0.1) is 5.92 Å². The minimum atomic E-state index is -0.473. The molecule has 2 atom stereocenters. The summed E-state index contributed by atoms with van der Waals surface area (Å²) in [6.07, 6.45) is 1.42. The van der Waals surface area contributed by atoms with Crippen molar-refractivity contribution in [1.82, 2.24) is 19.8 Å². The van der Waals surface area contributed by atoms with Gasteiger partial charge in [0.2, 0.25) is 11.9 Å². The van der Waals surface area contributed by atoms with Crippen molar-refractivity contribution in [2.75, 3.05) is 64.3 Å². The van der Waals surface area contributed by atoms with E-state index in [2.05, 4.69) is 5.32 Å². The van der Waals surface area contributed by atoms with E-state index in [1.54, 1.807) is 31.1 Å². The fourth-order valence-corrected chi connectivity index (χ4v) is 5.50. The lowest BCUT2D eigenvalue weighted by Crippen LogP contribution is -2.49. The highest BCUT2D eigenvalue weighted by Crippen LogP contribution is 2.35. The van der Waals surface area contributed by atoms with Gasteiger partial charge < -0.3 is 39.0 Å². The number of carbonyl (C=O) groups is 3. The molecule has 0 bridgehead atoms. The molecule has 1 aromatic carbocycles. The lowest BCUT2D eigenvalue weighted by molar-refractivity contribution is -0.119. The fourth-order valence-electron chi connectivity index (χ4n) is 5.20. The Morgan fingerprint density at radius 2 is 1.73 bits per heavy atom. The van der Waals surface area contributed by atoms with E-state index >= 15 is 0 Å². The van der Waals surface area contributed by atoms with Gasteiger partial charge in [0.15, 0.2) is 11.5 Å². The number of anilines is 2. The van der Waals surface area contributed by atoms with E-state index in [4.69, 9.17) is 36.4 Å². The number of amides is 2. The Kier molecular flexibility index (Phi) is 9.23. The van der Waals surface area contributed by atoms with Crippen LogP contribution in [0.15, 0.2) is 12.1 Å². The molecule has 2 saturated heterocycles. The van der Waals surface area contributed by atoms with Crippen molar-refractivity contribution < 1.29 is 28.6 Å². The zero-order valence-electron chi connectivity index (χ0n) is 23.6. The van der Waals surface area contributed by atoms with Crippen molar-refractivity contribution in [3.05, 3.63) is 12.1 Å². The molecule has 4 rings (SSSR count). The predicted octanol–water partition coefficient (Wildman–Crippen LogP) is 2.88. The van der Waals surface area contributed by atoms with E-state index in [1.807, 2.05) is 16.7 Å². The molecule has 13 heteroatoms. The minimum absolute atomic E-state index is 0.0619. The van der Waals surface area contributed by atoms with Crippen LogP contribution in [0.4, 0.5) is 16.6 Å². The molecule has 3 heterocycles. The highest BCUT2D eigenvalue weighted by molar-refractivity contribution is 7.80. The van der Waals surface area contributed by atoms with Crippen LogP contribution in [-0.4, -0.2) is 103 Å². The van der Waals surface area contributed by atoms with Crippen molar-refractivity contribution in [1.29, 1.82) is 0 Å². The molecule has 1 aromatic heterocycles. The standard InChI is InChI=1S/C27H36N6O6S/c1-16(13-17(2)34)25(40)33-8-6-7-20(33)24(35)29-23-18-14-21(37-3)22(38-4)15-19(18)28-26(30-23)31-9-11-32(12-10-31)27(36)39-5/h14-16,20H,6-13H2,1-5H3,(H,28,29,30,35)/t16?,20-/m1/s1. The summed E-state index contributed by atoms with van der Waals surface area (Å²) < 4.78 is 15.8. The summed E-state index contributed by atoms with van der Waals surface area (Å²) in [6.45, 7) is 6.03. The third-order valence-corrected chi connectivity index (χ3v) is 7.92. The van der Waals surface area contributed by atoms with Gasteiger partial charge >= 0.3 is 6.09 Å². The monoisotopic (exact) mass is 572 g/mol. The molecule has 40 heavy (non-hydrogen) atoms. The highest BCUT2D eigenvalue weighted by atomic mass is 32.1. The maximum atomic E-state index is 13.7. The molecule has 0 spiro atoms. The number of piperazine rings is 1. The first kappa shape index (κ1) is 29.2. The maximum Gasteiger partial charge on any atom is 0.409 e. The molecule has 0 aliphatic carbocycles. The predicted molar refractivity (Wildman–Crippen MR) is 154 cm³/mol. The number of fused-ring (bicyclic) bond motifs is 1. The molecular formula is C27H36N6O6S. The van der Waals surface area contributed by atoms with Gasteiger partial charge in [-0.05, 0) is 25.8 Å². The summed E-state index contributed by atoms with van der Waals surface area (Å²) in [6, 6.07) is 3.02. The first-order valence-electron chi connectivity index (χ1n) is 13.3. The van der Waals surface area contributed by atoms with E-state index in [9.17, 15) is 14.4 Å². The number of benzene rings is 1. The molecule has 2 amide bonds. The van der Waals surface area contributed by atoms with Gasteiger partial charge in [0.05, 0.1) is 31.8 Å². The number of likely N-dealkylation sites (tertiary alicyclic amines) is 1. The summed E-state index contributed by atoms with van der Waals surface area (Å²) in [7, 11) is 4.45. The normalized spacial score (nSPS) is 17.9. The van der Waals surface area contributed by atoms with Gasteiger partial charge in [0.25, 0.3) is 0 Å². The minimum Gasteiger partial charge on any atom is -0.493 e. The molecule has 2 aromatic rings. The molecule has 2 aliphatic rings. The third kappa shape index (κ3) is 6.19. The van der Waals surface area contributed by atoms with Gasteiger partial charge in [-0.25, -0.2) is 9.78 Å². The number of aromatic nitrogens is 2. The van der Waals surface area contributed by atoms with Crippen molar-refractivity contribution in [2.45, 2.75) is 39.2 Å². The fraction of sp³-hybridized carbons (Fsp3) is 0.556. The number of carbonyl (C=O) groups excluding carboxylic acids is 3. The van der Waals surface area contributed by atoms with Crippen LogP contribution in [0.2, 0.25) is 0 Å². The topological polar surface area (TPSA) is 126 Å². The Hall–Kier alpha value is -3.74. The van der Waals surface area contributed by atoms with Crippen LogP contribution in [0.1, 0.15) is 33.1 Å². The van der Waals surface area contributed by atoms with Crippen LogP contribution >= 0.6 is 12.2 Å². The van der Waals surface area contributed by atoms with E-state index in [1.165, 1.54) is 14.2 Å². The van der Waals surface area contributed by atoms with Gasteiger partial charge in [0.1, 0.15) is 17.6 Å². The SMILES string of the molecule is COC(=O)N1CCN(c2nc(NC(=O)[C@H]3CCCN3C(=S)C(C)CC(C)=O)c3cc(OC)c(OC)cc3n2)CC1. The number of nitrogens with one attached hydrogen (secondary N) is 1. The number of nitrogens with zero attached hydrogens (tertiary/aromatic N) is 5. The molecule has 1 N–H and O–H groups in total. The third-order valence-electron chi connectivity index (χ3n) is 7.28. The van der Waals surface area contributed by atoms with Gasteiger partial charge in [-0.3, -0.25) is 4.79 Å². The lowest BCUT2D eigenvalue weighted by atomic mass is 10.0. The summed E-state index contributed by atoms with van der Waals surface area (Å²) in [4.78, 5) is 52.9. The molecule has 1 unspecified atom stereocenters. The van der Waals surface area contributed by atoms with Gasteiger partial charge in [-0.15, -0.1) is 0 Å². The Morgan fingerprint density at radius 1 is 1.05 bits per heavy atom. The average Bonchev–Trinajstić information content (AvgIpc) is 3.45. The van der Waals surface area contributed by atoms with Crippen molar-refractivity contribution in [2.24, 2.45) is 5.92 Å². The second-order valence-electron chi connectivity index (χ2n) is 10.0. The molecular weight excluding hydrogens is 536 g/mol. The summed E-state index contributed by atoms with van der Waals surface area (Å²) in [5.41, 5.74) is 0.572. The zero-order chi connectivity index (χ0) is 29.0.